The number of alkyl halides is 3. The van der Waals surface area contributed by atoms with Crippen LogP contribution in [0.4, 0.5) is 13.2 Å². The van der Waals surface area contributed by atoms with Crippen molar-refractivity contribution in [3.63, 3.8) is 0 Å². The van der Waals surface area contributed by atoms with E-state index in [9.17, 15) is 30.7 Å². The molecule has 0 amide bonds. The van der Waals surface area contributed by atoms with Crippen LogP contribution < -0.4 is 4.18 Å². The molecule has 0 atom stereocenters. The Hall–Kier alpha value is -1.11. The van der Waals surface area contributed by atoms with Crippen LogP contribution in [0.5, 0.6) is 5.88 Å². The summed E-state index contributed by atoms with van der Waals surface area (Å²) in [7, 11) is -9.49. The minimum Gasteiger partial charge on any atom is -0.353 e. The normalized spacial score (nSPS) is 22.4. The van der Waals surface area contributed by atoms with E-state index in [1.807, 2.05) is 0 Å². The molecule has 2 aliphatic rings. The first-order chi connectivity index (χ1) is 11.5. The molecule has 0 radical (unpaired) electrons. The van der Waals surface area contributed by atoms with Gasteiger partial charge >= 0.3 is 15.6 Å². The Bertz CT molecular complexity index is 777. The molecule has 1 aromatic rings. The molecule has 0 spiro atoms. The van der Waals surface area contributed by atoms with Crippen LogP contribution in [0.3, 0.4) is 0 Å². The monoisotopic (exact) mass is 402 g/mol. The van der Waals surface area contributed by atoms with Gasteiger partial charge in [-0.05, 0) is 25.7 Å². The van der Waals surface area contributed by atoms with E-state index in [0.29, 0.717) is 6.42 Å². The van der Waals surface area contributed by atoms with Crippen molar-refractivity contribution >= 4 is 20.7 Å². The number of aryl methyl sites for hydroxylation is 1. The van der Waals surface area contributed by atoms with E-state index >= 15 is 0 Å². The Morgan fingerprint density at radius 2 is 1.76 bits per heavy atom. The molecule has 0 aromatic carbocycles. The van der Waals surface area contributed by atoms with Crippen molar-refractivity contribution in [3.8, 4) is 5.88 Å². The molecule has 12 heteroatoms. The lowest BCUT2D eigenvalue weighted by Crippen LogP contribution is -2.30. The van der Waals surface area contributed by atoms with Crippen LogP contribution in [-0.4, -0.2) is 38.8 Å². The maximum atomic E-state index is 12.7. The van der Waals surface area contributed by atoms with Crippen molar-refractivity contribution in [2.24, 2.45) is 0 Å². The third kappa shape index (κ3) is 3.57. The smallest absolute Gasteiger partial charge is 0.353 e. The average Bonchev–Trinajstić information content (AvgIpc) is 2.98. The molecule has 0 bridgehead atoms. The molecule has 0 saturated heterocycles. The van der Waals surface area contributed by atoms with Crippen LogP contribution in [0, 0.1) is 0 Å². The summed E-state index contributed by atoms with van der Waals surface area (Å²) in [5.74, 6) is -0.927. The number of nitrogens with zero attached hydrogens (tertiary/aromatic N) is 2. The zero-order valence-electron chi connectivity index (χ0n) is 13.0. The fraction of sp³-hybridized carbons (Fsp3) is 0.692. The van der Waals surface area contributed by atoms with Gasteiger partial charge in [0.25, 0.3) is 5.88 Å². The van der Waals surface area contributed by atoms with Gasteiger partial charge in [0.1, 0.15) is 10.7 Å². The number of aromatic nitrogens is 2. The number of rotatable bonds is 3. The van der Waals surface area contributed by atoms with Gasteiger partial charge in [-0.25, -0.2) is 4.98 Å². The van der Waals surface area contributed by atoms with Crippen LogP contribution in [0.2, 0.25) is 0 Å². The standard InChI is InChI=1S/C13H17F3N2O5S2/c14-13(15,16)25(21,22)23-12-10-9(6-3-7-24(10,19)20)17-11(18-12)8-4-1-2-5-8/h8,19-20H,1-7H2. The molecule has 1 fully saturated rings. The maximum Gasteiger partial charge on any atom is 0.534 e. The van der Waals surface area contributed by atoms with Crippen molar-refractivity contribution in [1.29, 1.82) is 0 Å². The first-order valence-corrected chi connectivity index (χ1v) is 10.8. The van der Waals surface area contributed by atoms with Crippen LogP contribution in [0.15, 0.2) is 4.90 Å². The molecule has 0 unspecified atom stereocenters. The van der Waals surface area contributed by atoms with Crippen molar-refractivity contribution in [3.05, 3.63) is 11.5 Å². The van der Waals surface area contributed by atoms with E-state index in [1.165, 1.54) is 0 Å². The summed E-state index contributed by atoms with van der Waals surface area (Å²) in [6, 6.07) is 0. The van der Waals surface area contributed by atoms with E-state index in [2.05, 4.69) is 14.2 Å². The summed E-state index contributed by atoms with van der Waals surface area (Å²) >= 11 is 0. The fourth-order valence-corrected chi connectivity index (χ4v) is 5.23. The Morgan fingerprint density at radius 1 is 1.12 bits per heavy atom. The van der Waals surface area contributed by atoms with Gasteiger partial charge in [-0.15, -0.1) is 0 Å². The molecule has 2 N–H and O–H groups in total. The first-order valence-electron chi connectivity index (χ1n) is 7.69. The third-order valence-corrected chi connectivity index (χ3v) is 7.15. The second-order valence-electron chi connectivity index (χ2n) is 6.10. The lowest BCUT2D eigenvalue weighted by molar-refractivity contribution is -0.0502. The molecule has 1 aliphatic carbocycles. The van der Waals surface area contributed by atoms with Crippen LogP contribution in [-0.2, 0) is 16.5 Å². The maximum absolute atomic E-state index is 12.7. The van der Waals surface area contributed by atoms with Crippen molar-refractivity contribution in [2.75, 3.05) is 5.75 Å². The molecular weight excluding hydrogens is 385 g/mol. The van der Waals surface area contributed by atoms with Gasteiger partial charge in [-0.3, -0.25) is 9.11 Å². The van der Waals surface area contributed by atoms with Crippen molar-refractivity contribution in [1.82, 2.24) is 9.97 Å². The number of fused-ring (bicyclic) bond motifs is 1. The highest BCUT2D eigenvalue weighted by atomic mass is 32.3. The molecule has 3 rings (SSSR count). The van der Waals surface area contributed by atoms with Gasteiger partial charge < -0.3 is 4.18 Å². The quantitative estimate of drug-likeness (QED) is 0.589. The minimum absolute atomic E-state index is 0.103. The van der Waals surface area contributed by atoms with E-state index in [1.54, 1.807) is 0 Å². The Labute approximate surface area is 144 Å². The van der Waals surface area contributed by atoms with Crippen LogP contribution >= 0.6 is 10.6 Å². The highest BCUT2D eigenvalue weighted by Gasteiger charge is 2.50. The highest BCUT2D eigenvalue weighted by molar-refractivity contribution is 8.24. The number of hydrogen-bond donors (Lipinski definition) is 2. The SMILES string of the molecule is O=S(=O)(Oc1nc(C2CCCC2)nc2c1S(O)(O)CCC2)C(F)(F)F. The summed E-state index contributed by atoms with van der Waals surface area (Å²) in [5.41, 5.74) is -5.49. The zero-order chi connectivity index (χ0) is 18.5. The predicted octanol–water partition coefficient (Wildman–Crippen LogP) is 3.42. The van der Waals surface area contributed by atoms with E-state index in [0.717, 1.165) is 25.7 Å². The summed E-state index contributed by atoms with van der Waals surface area (Å²) in [6.07, 6.45) is 3.97. The summed E-state index contributed by atoms with van der Waals surface area (Å²) < 4.78 is 85.3. The second-order valence-corrected chi connectivity index (χ2v) is 9.79. The average molecular weight is 402 g/mol. The lowest BCUT2D eigenvalue weighted by atomic mass is 10.1. The van der Waals surface area contributed by atoms with Gasteiger partial charge in [-0.1, -0.05) is 12.8 Å². The second kappa shape index (κ2) is 6.25. The summed E-state index contributed by atoms with van der Waals surface area (Å²) in [4.78, 5) is 7.71. The van der Waals surface area contributed by atoms with Crippen LogP contribution in [0.25, 0.3) is 0 Å². The van der Waals surface area contributed by atoms with Gasteiger partial charge in [0.05, 0.1) is 5.69 Å². The molecular formula is C13H17F3N2O5S2. The lowest BCUT2D eigenvalue weighted by Gasteiger charge is -2.37. The zero-order valence-corrected chi connectivity index (χ0v) is 14.6. The Morgan fingerprint density at radius 3 is 2.36 bits per heavy atom. The van der Waals surface area contributed by atoms with Gasteiger partial charge in [0, 0.05) is 11.7 Å². The predicted molar refractivity (Wildman–Crippen MR) is 83.1 cm³/mol. The topological polar surface area (TPSA) is 110 Å². The number of hydrogen-bond acceptors (Lipinski definition) is 7. The van der Waals surface area contributed by atoms with Crippen molar-refractivity contribution < 1.29 is 34.9 Å². The molecule has 1 aromatic heterocycles. The molecule has 1 saturated carbocycles. The molecule has 1 aliphatic heterocycles. The molecule has 7 nitrogen and oxygen atoms in total. The third-order valence-electron chi connectivity index (χ3n) is 4.28. The van der Waals surface area contributed by atoms with Crippen LogP contribution in [0.1, 0.15) is 49.5 Å². The van der Waals surface area contributed by atoms with Gasteiger partial charge in [0.15, 0.2) is 0 Å². The molecule has 25 heavy (non-hydrogen) atoms. The largest absolute Gasteiger partial charge is 0.534 e. The molecule has 2 heterocycles. The van der Waals surface area contributed by atoms with Gasteiger partial charge in [0.2, 0.25) is 0 Å². The minimum atomic E-state index is -5.97. The summed E-state index contributed by atoms with van der Waals surface area (Å²) in [5, 5.41) is 0. The van der Waals surface area contributed by atoms with E-state index in [-0.39, 0.29) is 29.6 Å². The molecule has 142 valence electrons. The van der Waals surface area contributed by atoms with Gasteiger partial charge in [-0.2, -0.15) is 37.2 Å². The number of halogens is 3. The first kappa shape index (κ1) is 18.7. The van der Waals surface area contributed by atoms with E-state index in [4.69, 9.17) is 0 Å². The fourth-order valence-electron chi connectivity index (χ4n) is 3.11. The van der Waals surface area contributed by atoms with Crippen molar-refractivity contribution in [2.45, 2.75) is 54.8 Å². The Kier molecular flexibility index (Phi) is 4.67. The van der Waals surface area contributed by atoms with E-state index < -0.39 is 37.0 Å². The Balaban J connectivity index is 2.12. The highest BCUT2D eigenvalue weighted by Crippen LogP contribution is 2.57. The summed E-state index contributed by atoms with van der Waals surface area (Å²) in [6.45, 7) is 0.